The summed E-state index contributed by atoms with van der Waals surface area (Å²) in [5, 5.41) is 2.86. The summed E-state index contributed by atoms with van der Waals surface area (Å²) in [6.45, 7) is 0.631. The summed E-state index contributed by atoms with van der Waals surface area (Å²) in [5.41, 5.74) is 6.02. The van der Waals surface area contributed by atoms with Gasteiger partial charge in [0.05, 0.1) is 4.99 Å². The van der Waals surface area contributed by atoms with Crippen LogP contribution in [0.1, 0.15) is 29.6 Å². The van der Waals surface area contributed by atoms with Gasteiger partial charge in [-0.3, -0.25) is 4.79 Å². The largest absolute Gasteiger partial charge is 0.393 e. The van der Waals surface area contributed by atoms with Crippen LogP contribution in [-0.2, 0) is 0 Å². The summed E-state index contributed by atoms with van der Waals surface area (Å²) in [4.78, 5) is 12.4. The number of carbonyl (C=O) groups is 1. The van der Waals surface area contributed by atoms with Crippen molar-refractivity contribution in [1.82, 2.24) is 5.32 Å². The van der Waals surface area contributed by atoms with Crippen molar-refractivity contribution < 1.29 is 4.79 Å². The van der Waals surface area contributed by atoms with Gasteiger partial charge in [0, 0.05) is 21.1 Å². The van der Waals surface area contributed by atoms with E-state index in [9.17, 15) is 4.79 Å². The molecule has 1 aromatic rings. The molecule has 0 aliphatic carbocycles. The Morgan fingerprint density at radius 2 is 1.83 bits per heavy atom. The molecule has 0 spiro atoms. The summed E-state index contributed by atoms with van der Waals surface area (Å²) < 4.78 is 1.74. The maximum atomic E-state index is 11.8. The fourth-order valence-electron chi connectivity index (χ4n) is 1.41. The standard InChI is InChI=1S/C12H14Br2N2OS/c13-9-5-8(6-10(14)7-9)12(17)16-4-2-1-3-11(15)18/h5-7H,1-4H2,(H2,15,18)(H,16,17). The molecule has 1 aromatic carbocycles. The first kappa shape index (κ1) is 15.6. The van der Waals surface area contributed by atoms with E-state index in [4.69, 9.17) is 18.0 Å². The minimum absolute atomic E-state index is 0.0766. The average molecular weight is 394 g/mol. The lowest BCUT2D eigenvalue weighted by atomic mass is 10.2. The second-order valence-corrected chi connectivity index (χ2v) is 6.19. The predicted octanol–water partition coefficient (Wildman–Crippen LogP) is 3.40. The number of thiocarbonyl (C=S) groups is 1. The molecule has 1 amide bonds. The van der Waals surface area contributed by atoms with E-state index in [-0.39, 0.29) is 5.91 Å². The van der Waals surface area contributed by atoms with Gasteiger partial charge in [-0.25, -0.2) is 0 Å². The van der Waals surface area contributed by atoms with Crippen molar-refractivity contribution in [3.8, 4) is 0 Å². The third kappa shape index (κ3) is 5.93. The van der Waals surface area contributed by atoms with Crippen molar-refractivity contribution in [2.24, 2.45) is 5.73 Å². The van der Waals surface area contributed by atoms with Crippen molar-refractivity contribution >= 4 is 55.0 Å². The van der Waals surface area contributed by atoms with Crippen molar-refractivity contribution in [1.29, 1.82) is 0 Å². The highest BCUT2D eigenvalue weighted by Crippen LogP contribution is 2.19. The SMILES string of the molecule is NC(=S)CCCCNC(=O)c1cc(Br)cc(Br)c1. The molecule has 0 radical (unpaired) electrons. The normalized spacial score (nSPS) is 10.1. The van der Waals surface area contributed by atoms with Gasteiger partial charge in [0.2, 0.25) is 0 Å². The van der Waals surface area contributed by atoms with Crippen LogP contribution in [-0.4, -0.2) is 17.4 Å². The van der Waals surface area contributed by atoms with Gasteiger partial charge in [0.1, 0.15) is 0 Å². The maximum Gasteiger partial charge on any atom is 0.251 e. The smallest absolute Gasteiger partial charge is 0.251 e. The Bertz CT molecular complexity index is 431. The van der Waals surface area contributed by atoms with Crippen molar-refractivity contribution in [3.63, 3.8) is 0 Å². The highest BCUT2D eigenvalue weighted by Gasteiger charge is 2.06. The number of hydrogen-bond acceptors (Lipinski definition) is 2. The molecule has 0 aliphatic rings. The van der Waals surface area contributed by atoms with E-state index >= 15 is 0 Å². The molecule has 1 rings (SSSR count). The van der Waals surface area contributed by atoms with E-state index in [0.717, 1.165) is 28.2 Å². The van der Waals surface area contributed by atoms with Crippen molar-refractivity contribution in [2.45, 2.75) is 19.3 Å². The second kappa shape index (κ2) is 7.86. The molecule has 0 saturated carbocycles. The highest BCUT2D eigenvalue weighted by molar-refractivity contribution is 9.11. The van der Waals surface area contributed by atoms with E-state index in [2.05, 4.69) is 37.2 Å². The van der Waals surface area contributed by atoms with Gasteiger partial charge < -0.3 is 11.1 Å². The van der Waals surface area contributed by atoms with Crippen LogP contribution >= 0.6 is 44.1 Å². The summed E-state index contributed by atoms with van der Waals surface area (Å²) in [7, 11) is 0. The van der Waals surface area contributed by atoms with E-state index in [1.807, 2.05) is 6.07 Å². The number of nitrogens with two attached hydrogens (primary N) is 1. The van der Waals surface area contributed by atoms with Crippen LogP contribution in [0.15, 0.2) is 27.1 Å². The monoisotopic (exact) mass is 392 g/mol. The minimum Gasteiger partial charge on any atom is -0.393 e. The second-order valence-electron chi connectivity index (χ2n) is 3.84. The molecular weight excluding hydrogens is 380 g/mol. The van der Waals surface area contributed by atoms with Gasteiger partial charge in [0.15, 0.2) is 0 Å². The fraction of sp³-hybridized carbons (Fsp3) is 0.333. The molecule has 0 fully saturated rings. The molecular formula is C12H14Br2N2OS. The fourth-order valence-corrected chi connectivity index (χ4v) is 2.85. The van der Waals surface area contributed by atoms with Crippen LogP contribution in [0.3, 0.4) is 0 Å². The van der Waals surface area contributed by atoms with Crippen LogP contribution in [0, 0.1) is 0 Å². The first-order chi connectivity index (χ1) is 8.49. The number of unbranched alkanes of at least 4 members (excludes halogenated alkanes) is 1. The Kier molecular flexibility index (Phi) is 6.81. The maximum absolute atomic E-state index is 11.8. The first-order valence-corrected chi connectivity index (χ1v) is 7.51. The van der Waals surface area contributed by atoms with Crippen molar-refractivity contribution in [2.75, 3.05) is 6.54 Å². The van der Waals surface area contributed by atoms with Gasteiger partial charge in [0.25, 0.3) is 5.91 Å². The first-order valence-electron chi connectivity index (χ1n) is 5.51. The molecule has 0 atom stereocenters. The number of benzene rings is 1. The number of carbonyl (C=O) groups excluding carboxylic acids is 1. The average Bonchev–Trinajstić information content (AvgIpc) is 2.26. The van der Waals surface area contributed by atoms with E-state index in [0.29, 0.717) is 17.1 Å². The van der Waals surface area contributed by atoms with Gasteiger partial charge in [-0.15, -0.1) is 0 Å². The Morgan fingerprint density at radius 3 is 2.39 bits per heavy atom. The van der Waals surface area contributed by atoms with Gasteiger partial charge >= 0.3 is 0 Å². The molecule has 3 nitrogen and oxygen atoms in total. The van der Waals surface area contributed by atoms with Gasteiger partial charge in [-0.05, 0) is 37.5 Å². The summed E-state index contributed by atoms with van der Waals surface area (Å²) in [5.74, 6) is -0.0766. The van der Waals surface area contributed by atoms with E-state index in [1.165, 1.54) is 0 Å². The molecule has 98 valence electrons. The van der Waals surface area contributed by atoms with Gasteiger partial charge in [-0.1, -0.05) is 44.1 Å². The molecule has 6 heteroatoms. The van der Waals surface area contributed by atoms with Crippen LogP contribution in [0.5, 0.6) is 0 Å². The third-order valence-corrected chi connectivity index (χ3v) is 3.38. The topological polar surface area (TPSA) is 55.1 Å². The number of amides is 1. The zero-order valence-corrected chi connectivity index (χ0v) is 13.7. The summed E-state index contributed by atoms with van der Waals surface area (Å²) >= 11 is 11.5. The molecule has 0 aromatic heterocycles. The lowest BCUT2D eigenvalue weighted by Crippen LogP contribution is -2.24. The van der Waals surface area contributed by atoms with Gasteiger partial charge in [-0.2, -0.15) is 0 Å². The molecule has 0 unspecified atom stereocenters. The number of rotatable bonds is 6. The third-order valence-electron chi connectivity index (χ3n) is 2.26. The van der Waals surface area contributed by atoms with Crippen LogP contribution in [0.25, 0.3) is 0 Å². The molecule has 3 N–H and O–H groups in total. The number of hydrogen-bond donors (Lipinski definition) is 2. The Labute approximate surface area is 129 Å². The minimum atomic E-state index is -0.0766. The molecule has 18 heavy (non-hydrogen) atoms. The van der Waals surface area contributed by atoms with Crippen LogP contribution in [0.2, 0.25) is 0 Å². The Hall–Kier alpha value is -0.460. The zero-order valence-electron chi connectivity index (χ0n) is 9.71. The lowest BCUT2D eigenvalue weighted by Gasteiger charge is -2.06. The predicted molar refractivity (Wildman–Crippen MR) is 84.8 cm³/mol. The van der Waals surface area contributed by atoms with Crippen LogP contribution < -0.4 is 11.1 Å². The van der Waals surface area contributed by atoms with Crippen molar-refractivity contribution in [3.05, 3.63) is 32.7 Å². The summed E-state index contributed by atoms with van der Waals surface area (Å²) in [6, 6.07) is 5.46. The van der Waals surface area contributed by atoms with Crippen LogP contribution in [0.4, 0.5) is 0 Å². The molecule has 0 heterocycles. The van der Waals surface area contributed by atoms with E-state index in [1.54, 1.807) is 12.1 Å². The number of nitrogens with one attached hydrogen (secondary N) is 1. The summed E-state index contributed by atoms with van der Waals surface area (Å²) in [6.07, 6.45) is 2.50. The molecule has 0 saturated heterocycles. The molecule has 0 aliphatic heterocycles. The lowest BCUT2D eigenvalue weighted by molar-refractivity contribution is 0.0953. The highest BCUT2D eigenvalue weighted by atomic mass is 79.9. The zero-order chi connectivity index (χ0) is 13.5. The number of halogens is 2. The van der Waals surface area contributed by atoms with E-state index < -0.39 is 0 Å². The Morgan fingerprint density at radius 1 is 1.22 bits per heavy atom. The Balaban J connectivity index is 2.38. The molecule has 0 bridgehead atoms. The quantitative estimate of drug-likeness (QED) is 0.575.